The van der Waals surface area contributed by atoms with Crippen molar-refractivity contribution in [2.24, 2.45) is 5.92 Å². The first-order valence-corrected chi connectivity index (χ1v) is 12.7. The molecule has 3 aromatic heterocycles. The molecule has 4 heterocycles. The highest BCUT2D eigenvalue weighted by Gasteiger charge is 2.25. The fourth-order valence-electron chi connectivity index (χ4n) is 4.33. The van der Waals surface area contributed by atoms with E-state index < -0.39 is 0 Å². The summed E-state index contributed by atoms with van der Waals surface area (Å²) in [5, 5.41) is 19.1. The van der Waals surface area contributed by atoms with Crippen LogP contribution in [0.1, 0.15) is 30.5 Å². The third-order valence-electron chi connectivity index (χ3n) is 6.03. The van der Waals surface area contributed by atoms with E-state index in [-0.39, 0.29) is 11.9 Å². The van der Waals surface area contributed by atoms with Gasteiger partial charge in [0, 0.05) is 29.6 Å². The molecule has 4 N–H and O–H groups in total. The fraction of sp³-hybridized carbons (Fsp3) is 0.280. The molecular weight excluding hydrogens is 482 g/mol. The molecule has 8 nitrogen and oxygen atoms in total. The second kappa shape index (κ2) is 10.7. The summed E-state index contributed by atoms with van der Waals surface area (Å²) in [6, 6.07) is 13.9. The van der Waals surface area contributed by atoms with Gasteiger partial charge in [-0.1, -0.05) is 23.7 Å². The van der Waals surface area contributed by atoms with E-state index in [2.05, 4.69) is 54.3 Å². The van der Waals surface area contributed by atoms with Gasteiger partial charge in [0.2, 0.25) is 5.91 Å². The molecule has 0 spiro atoms. The minimum absolute atomic E-state index is 0.0605. The van der Waals surface area contributed by atoms with Crippen LogP contribution in [0, 0.1) is 5.92 Å². The summed E-state index contributed by atoms with van der Waals surface area (Å²) in [5.74, 6) is 1.66. The van der Waals surface area contributed by atoms with Crippen molar-refractivity contribution < 1.29 is 4.79 Å². The van der Waals surface area contributed by atoms with E-state index in [0.29, 0.717) is 16.8 Å². The maximum Gasteiger partial charge on any atom is 0.222 e. The van der Waals surface area contributed by atoms with Gasteiger partial charge in [-0.3, -0.25) is 4.79 Å². The Morgan fingerprint density at radius 2 is 2.11 bits per heavy atom. The van der Waals surface area contributed by atoms with E-state index in [1.54, 1.807) is 23.9 Å². The van der Waals surface area contributed by atoms with Crippen LogP contribution in [-0.2, 0) is 4.79 Å². The first-order chi connectivity index (χ1) is 17.1. The van der Waals surface area contributed by atoms with Crippen molar-refractivity contribution in [1.29, 1.82) is 0 Å². The zero-order valence-electron chi connectivity index (χ0n) is 19.2. The number of carbonyl (C=O) groups is 1. The summed E-state index contributed by atoms with van der Waals surface area (Å²) in [5.41, 5.74) is 3.20. The summed E-state index contributed by atoms with van der Waals surface area (Å²) in [6.07, 6.45) is 4.46. The first-order valence-electron chi connectivity index (χ1n) is 11.5. The zero-order chi connectivity index (χ0) is 24.2. The van der Waals surface area contributed by atoms with Crippen molar-refractivity contribution in [1.82, 2.24) is 30.8 Å². The maximum absolute atomic E-state index is 11.5. The average molecular weight is 508 g/mol. The number of pyridine rings is 1. The Morgan fingerprint density at radius 3 is 2.83 bits per heavy atom. The van der Waals surface area contributed by atoms with Gasteiger partial charge in [0.1, 0.15) is 12.1 Å². The lowest BCUT2D eigenvalue weighted by molar-refractivity contribution is -0.114. The van der Waals surface area contributed by atoms with E-state index >= 15 is 0 Å². The van der Waals surface area contributed by atoms with Crippen molar-refractivity contribution in [3.05, 3.63) is 71.1 Å². The monoisotopic (exact) mass is 507 g/mol. The number of benzene rings is 1. The summed E-state index contributed by atoms with van der Waals surface area (Å²) in [6.45, 7) is 4.45. The second-order valence-corrected chi connectivity index (χ2v) is 10.1. The number of thiophene rings is 1. The molecule has 180 valence electrons. The topological polar surface area (TPSA) is 108 Å². The number of anilines is 1. The molecular formula is C25H26ClN7OS. The Hall–Kier alpha value is -3.11. The Bertz CT molecular complexity index is 1280. The van der Waals surface area contributed by atoms with Crippen LogP contribution in [0.25, 0.3) is 21.1 Å². The van der Waals surface area contributed by atoms with E-state index in [0.717, 1.165) is 58.3 Å². The molecule has 0 saturated carbocycles. The fourth-order valence-corrected chi connectivity index (χ4v) is 5.60. The molecule has 1 aliphatic rings. The van der Waals surface area contributed by atoms with Crippen LogP contribution in [-0.4, -0.2) is 45.7 Å². The quantitative estimate of drug-likeness (QED) is 0.280. The van der Waals surface area contributed by atoms with E-state index in [9.17, 15) is 4.79 Å². The number of aromatic nitrogens is 4. The van der Waals surface area contributed by atoms with E-state index in [4.69, 9.17) is 11.6 Å². The molecule has 2 unspecified atom stereocenters. The predicted molar refractivity (Wildman–Crippen MR) is 140 cm³/mol. The predicted octanol–water partition coefficient (Wildman–Crippen LogP) is 4.50. The van der Waals surface area contributed by atoms with Crippen molar-refractivity contribution in [2.75, 3.05) is 25.0 Å². The number of hydrogen-bond acceptors (Lipinski definition) is 7. The number of hydrogen-bond donors (Lipinski definition) is 4. The number of nitrogens with one attached hydrogen (secondary N) is 4. The average Bonchev–Trinajstić information content (AvgIpc) is 3.62. The van der Waals surface area contributed by atoms with Gasteiger partial charge >= 0.3 is 0 Å². The van der Waals surface area contributed by atoms with Crippen LogP contribution in [0.15, 0.2) is 55.0 Å². The summed E-state index contributed by atoms with van der Waals surface area (Å²) in [4.78, 5) is 21.0. The van der Waals surface area contributed by atoms with E-state index in [1.807, 2.05) is 24.3 Å². The van der Waals surface area contributed by atoms with Crippen LogP contribution in [0.2, 0.25) is 5.02 Å². The number of aromatic amines is 1. The first kappa shape index (κ1) is 23.6. The molecule has 5 rings (SSSR count). The van der Waals surface area contributed by atoms with Gasteiger partial charge in [-0.2, -0.15) is 0 Å². The van der Waals surface area contributed by atoms with Crippen molar-refractivity contribution in [3.63, 3.8) is 0 Å². The minimum Gasteiger partial charge on any atom is -0.327 e. The smallest absolute Gasteiger partial charge is 0.222 e. The Morgan fingerprint density at radius 1 is 1.26 bits per heavy atom. The lowest BCUT2D eigenvalue weighted by Crippen LogP contribution is -2.29. The highest BCUT2D eigenvalue weighted by atomic mass is 35.5. The SMILES string of the molecule is CC(=O)Nc1cc(-c2cc(C(NCC3CCNC3)c3ccc(Cl)cc3)c(-c3nnc[nH]3)s2)ccn1. The van der Waals surface area contributed by atoms with Crippen molar-refractivity contribution in [3.8, 4) is 21.1 Å². The largest absolute Gasteiger partial charge is 0.327 e. The Balaban J connectivity index is 1.57. The van der Waals surface area contributed by atoms with Crippen molar-refractivity contribution >= 4 is 34.7 Å². The van der Waals surface area contributed by atoms with Crippen LogP contribution in [0.3, 0.4) is 0 Å². The minimum atomic E-state index is -0.155. The number of halogens is 1. The van der Waals surface area contributed by atoms with Crippen molar-refractivity contribution in [2.45, 2.75) is 19.4 Å². The number of rotatable bonds is 8. The summed E-state index contributed by atoms with van der Waals surface area (Å²) < 4.78 is 0. The summed E-state index contributed by atoms with van der Waals surface area (Å²) in [7, 11) is 0. The van der Waals surface area contributed by atoms with Crippen LogP contribution in [0.4, 0.5) is 5.82 Å². The second-order valence-electron chi connectivity index (χ2n) is 8.60. The third kappa shape index (κ3) is 5.59. The van der Waals surface area contributed by atoms with Gasteiger partial charge in [0.15, 0.2) is 5.82 Å². The van der Waals surface area contributed by atoms with E-state index in [1.165, 1.54) is 6.92 Å². The van der Waals surface area contributed by atoms with Crippen LogP contribution in [0.5, 0.6) is 0 Å². The van der Waals surface area contributed by atoms with Gasteiger partial charge in [-0.15, -0.1) is 21.5 Å². The highest BCUT2D eigenvalue weighted by molar-refractivity contribution is 7.19. The molecule has 4 aromatic rings. The lowest BCUT2D eigenvalue weighted by Gasteiger charge is -2.22. The third-order valence-corrected chi connectivity index (χ3v) is 7.49. The zero-order valence-corrected chi connectivity index (χ0v) is 20.8. The van der Waals surface area contributed by atoms with Gasteiger partial charge in [-0.05, 0) is 72.5 Å². The summed E-state index contributed by atoms with van der Waals surface area (Å²) >= 11 is 7.83. The molecule has 1 fully saturated rings. The maximum atomic E-state index is 11.5. The molecule has 1 amide bonds. The van der Waals surface area contributed by atoms with Gasteiger partial charge in [0.25, 0.3) is 0 Å². The molecule has 2 atom stereocenters. The molecule has 1 aromatic carbocycles. The molecule has 0 bridgehead atoms. The molecule has 1 aliphatic heterocycles. The van der Waals surface area contributed by atoms with Gasteiger partial charge in [0.05, 0.1) is 10.9 Å². The van der Waals surface area contributed by atoms with Gasteiger partial charge < -0.3 is 20.9 Å². The number of carbonyl (C=O) groups excluding carboxylic acids is 1. The lowest BCUT2D eigenvalue weighted by atomic mass is 9.97. The number of nitrogens with zero attached hydrogens (tertiary/aromatic N) is 3. The van der Waals surface area contributed by atoms with Crippen LogP contribution >= 0.6 is 22.9 Å². The standard InChI is InChI=1S/C25H26ClN7OS/c1-15(34)32-22-10-18(7-9-28-22)21-11-20(24(35-21)25-30-14-31-33-25)23(17-2-4-19(26)5-3-17)29-13-16-6-8-27-12-16/h2-5,7,9-11,14,16,23,27,29H,6,8,12-13H2,1H3,(H,28,32,34)(H,30,31,33). The molecule has 10 heteroatoms. The molecule has 0 aliphatic carbocycles. The normalized spacial score (nSPS) is 16.3. The van der Waals surface area contributed by atoms with Crippen LogP contribution < -0.4 is 16.0 Å². The number of amides is 1. The Labute approximate surface area is 212 Å². The highest BCUT2D eigenvalue weighted by Crippen LogP contribution is 2.42. The molecule has 0 radical (unpaired) electrons. The molecule has 35 heavy (non-hydrogen) atoms. The Kier molecular flexibility index (Phi) is 7.19. The number of H-pyrrole nitrogens is 1. The molecule has 1 saturated heterocycles. The van der Waals surface area contributed by atoms with Gasteiger partial charge in [-0.25, -0.2) is 4.98 Å².